The first-order chi connectivity index (χ1) is 11.6. The smallest absolute Gasteiger partial charge is 0.243 e. The highest BCUT2D eigenvalue weighted by Gasteiger charge is 2.41. The van der Waals surface area contributed by atoms with Gasteiger partial charge in [-0.3, -0.25) is 0 Å². The van der Waals surface area contributed by atoms with Crippen molar-refractivity contribution in [2.75, 3.05) is 26.3 Å². The van der Waals surface area contributed by atoms with E-state index in [0.717, 1.165) is 5.56 Å². The van der Waals surface area contributed by atoms with E-state index < -0.39 is 15.6 Å². The molecule has 1 N–H and O–H groups in total. The third-order valence-corrected chi connectivity index (χ3v) is 6.11. The van der Waals surface area contributed by atoms with Crippen LogP contribution in [0, 0.1) is 0 Å². The van der Waals surface area contributed by atoms with Gasteiger partial charge >= 0.3 is 0 Å². The van der Waals surface area contributed by atoms with Gasteiger partial charge in [-0.15, -0.1) is 0 Å². The fourth-order valence-electron chi connectivity index (χ4n) is 2.98. The Hall–Kier alpha value is -1.73. The summed E-state index contributed by atoms with van der Waals surface area (Å²) in [5.41, 5.74) is 0.0899. The van der Waals surface area contributed by atoms with E-state index in [1.807, 2.05) is 30.3 Å². The van der Waals surface area contributed by atoms with Crippen molar-refractivity contribution in [2.24, 2.45) is 0 Å². The fourth-order valence-corrected chi connectivity index (χ4v) is 4.50. The lowest BCUT2D eigenvalue weighted by molar-refractivity contribution is -0.115. The summed E-state index contributed by atoms with van der Waals surface area (Å²) < 4.78 is 32.9. The second kappa shape index (κ2) is 7.03. The van der Waals surface area contributed by atoms with Crippen molar-refractivity contribution in [1.29, 1.82) is 0 Å². The number of ether oxygens (including phenoxy) is 1. The minimum Gasteiger partial charge on any atom is -0.393 e. The number of aliphatic hydroxyl groups is 1. The summed E-state index contributed by atoms with van der Waals surface area (Å²) in [6.07, 6.45) is 0.463. The van der Waals surface area contributed by atoms with Crippen molar-refractivity contribution in [3.8, 4) is 0 Å². The number of sulfonamides is 1. The number of aliphatic hydroxyl groups excluding tert-OH is 1. The van der Waals surface area contributed by atoms with Crippen molar-refractivity contribution in [3.63, 3.8) is 0 Å². The topological polar surface area (TPSA) is 66.8 Å². The molecule has 0 amide bonds. The van der Waals surface area contributed by atoms with Crippen molar-refractivity contribution in [2.45, 2.75) is 16.9 Å². The molecule has 3 rings (SSSR count). The number of hydrogen-bond donors (Lipinski definition) is 1. The second-order valence-electron chi connectivity index (χ2n) is 6.00. The number of morpholine rings is 1. The Morgan fingerprint density at radius 2 is 1.67 bits per heavy atom. The van der Waals surface area contributed by atoms with Crippen LogP contribution in [0.15, 0.2) is 65.6 Å². The van der Waals surface area contributed by atoms with Gasteiger partial charge in [0.25, 0.3) is 0 Å². The lowest BCUT2D eigenvalue weighted by Gasteiger charge is -2.41. The van der Waals surface area contributed by atoms with Gasteiger partial charge in [0.15, 0.2) is 0 Å². The highest BCUT2D eigenvalue weighted by Crippen LogP contribution is 2.27. The summed E-state index contributed by atoms with van der Waals surface area (Å²) in [6, 6.07) is 18.0. The molecule has 0 spiro atoms. The predicted octanol–water partition coefficient (Wildman–Crippen LogP) is 1.68. The third-order valence-electron chi connectivity index (χ3n) is 4.25. The third kappa shape index (κ3) is 3.52. The van der Waals surface area contributed by atoms with Crippen LogP contribution >= 0.6 is 0 Å². The first kappa shape index (κ1) is 17.1. The quantitative estimate of drug-likeness (QED) is 0.894. The highest BCUT2D eigenvalue weighted by atomic mass is 32.2. The monoisotopic (exact) mass is 347 g/mol. The molecule has 5 nitrogen and oxygen atoms in total. The van der Waals surface area contributed by atoms with Crippen LogP contribution in [0.3, 0.4) is 0 Å². The Morgan fingerprint density at radius 3 is 2.29 bits per heavy atom. The van der Waals surface area contributed by atoms with Crippen molar-refractivity contribution in [3.05, 3.63) is 66.2 Å². The molecule has 0 bridgehead atoms. The number of hydrogen-bond acceptors (Lipinski definition) is 4. The number of rotatable bonds is 5. The van der Waals surface area contributed by atoms with Gasteiger partial charge in [-0.1, -0.05) is 48.5 Å². The SMILES string of the molecule is O=S(=O)(c1ccccc1)N1CCOC(CO)(Cc2ccccc2)C1. The summed E-state index contributed by atoms with van der Waals surface area (Å²) in [5.74, 6) is 0. The maximum atomic E-state index is 12.8. The fraction of sp³-hybridized carbons (Fsp3) is 0.333. The van der Waals surface area contributed by atoms with E-state index in [2.05, 4.69) is 0 Å². The Balaban J connectivity index is 1.85. The first-order valence-corrected chi connectivity index (χ1v) is 9.34. The van der Waals surface area contributed by atoms with Crippen LogP contribution in [0.4, 0.5) is 0 Å². The molecule has 2 aromatic carbocycles. The summed E-state index contributed by atoms with van der Waals surface area (Å²) in [6.45, 7) is 0.450. The maximum absolute atomic E-state index is 12.8. The lowest BCUT2D eigenvalue weighted by atomic mass is 9.94. The Bertz CT molecular complexity index is 764. The van der Waals surface area contributed by atoms with Gasteiger partial charge in [-0.05, 0) is 17.7 Å². The van der Waals surface area contributed by atoms with E-state index >= 15 is 0 Å². The summed E-state index contributed by atoms with van der Waals surface area (Å²) >= 11 is 0. The molecular formula is C18H21NO4S. The van der Waals surface area contributed by atoms with Crippen molar-refractivity contribution >= 4 is 10.0 Å². The first-order valence-electron chi connectivity index (χ1n) is 7.90. The molecule has 1 atom stereocenters. The van der Waals surface area contributed by atoms with Crippen LogP contribution in [0.1, 0.15) is 5.56 Å². The van der Waals surface area contributed by atoms with Gasteiger partial charge in [0.1, 0.15) is 5.60 Å². The molecule has 0 saturated carbocycles. The van der Waals surface area contributed by atoms with Gasteiger partial charge in [-0.2, -0.15) is 4.31 Å². The zero-order valence-corrected chi connectivity index (χ0v) is 14.2. The Morgan fingerprint density at radius 1 is 1.04 bits per heavy atom. The minimum atomic E-state index is -3.59. The molecule has 0 radical (unpaired) electrons. The van der Waals surface area contributed by atoms with Gasteiger partial charge < -0.3 is 9.84 Å². The molecule has 1 heterocycles. The van der Waals surface area contributed by atoms with Gasteiger partial charge in [0.05, 0.1) is 18.1 Å². The molecule has 1 fully saturated rings. The van der Waals surface area contributed by atoms with E-state index in [-0.39, 0.29) is 31.2 Å². The van der Waals surface area contributed by atoms with Crippen molar-refractivity contribution < 1.29 is 18.3 Å². The molecule has 6 heteroatoms. The molecule has 128 valence electrons. The van der Waals surface area contributed by atoms with E-state index in [9.17, 15) is 13.5 Å². The minimum absolute atomic E-state index is 0.135. The zero-order valence-electron chi connectivity index (χ0n) is 13.3. The number of nitrogens with zero attached hydrogens (tertiary/aromatic N) is 1. The van der Waals surface area contributed by atoms with Gasteiger partial charge in [0, 0.05) is 19.5 Å². The van der Waals surface area contributed by atoms with E-state index in [1.165, 1.54) is 4.31 Å². The molecule has 1 unspecified atom stereocenters. The van der Waals surface area contributed by atoms with Crippen LogP contribution in [0.5, 0.6) is 0 Å². The van der Waals surface area contributed by atoms with Crippen LogP contribution in [-0.4, -0.2) is 49.7 Å². The van der Waals surface area contributed by atoms with Crippen molar-refractivity contribution in [1.82, 2.24) is 4.31 Å². The normalized spacial score (nSPS) is 22.4. The van der Waals surface area contributed by atoms with E-state index in [4.69, 9.17) is 4.74 Å². The largest absolute Gasteiger partial charge is 0.393 e. The highest BCUT2D eigenvalue weighted by molar-refractivity contribution is 7.89. The molecule has 0 aromatic heterocycles. The summed E-state index contributed by atoms with van der Waals surface area (Å²) in [4.78, 5) is 0.262. The molecule has 1 saturated heterocycles. The maximum Gasteiger partial charge on any atom is 0.243 e. The average Bonchev–Trinajstić information content (AvgIpc) is 2.63. The molecule has 1 aliphatic rings. The van der Waals surface area contributed by atoms with Crippen LogP contribution in [0.25, 0.3) is 0 Å². The second-order valence-corrected chi connectivity index (χ2v) is 7.94. The Labute approximate surface area is 142 Å². The van der Waals surface area contributed by atoms with E-state index in [0.29, 0.717) is 6.42 Å². The van der Waals surface area contributed by atoms with Gasteiger partial charge in [-0.25, -0.2) is 8.42 Å². The van der Waals surface area contributed by atoms with Gasteiger partial charge in [0.2, 0.25) is 10.0 Å². The molecular weight excluding hydrogens is 326 g/mol. The lowest BCUT2D eigenvalue weighted by Crippen LogP contribution is -2.56. The summed E-state index contributed by atoms with van der Waals surface area (Å²) in [7, 11) is -3.59. The standard InChI is InChI=1S/C18H21NO4S/c20-15-18(13-16-7-3-1-4-8-16)14-19(11-12-23-18)24(21,22)17-9-5-2-6-10-17/h1-10,20H,11-15H2. The van der Waals surface area contributed by atoms with Crippen LogP contribution in [0.2, 0.25) is 0 Å². The zero-order chi connectivity index (χ0) is 17.0. The summed E-state index contributed by atoms with van der Waals surface area (Å²) in [5, 5.41) is 9.91. The molecule has 1 aliphatic heterocycles. The van der Waals surface area contributed by atoms with Crippen LogP contribution < -0.4 is 0 Å². The molecule has 2 aromatic rings. The number of benzene rings is 2. The average molecular weight is 347 g/mol. The van der Waals surface area contributed by atoms with Crippen LogP contribution in [-0.2, 0) is 21.2 Å². The molecule has 24 heavy (non-hydrogen) atoms. The molecule has 0 aliphatic carbocycles. The predicted molar refractivity (Wildman–Crippen MR) is 91.1 cm³/mol. The van der Waals surface area contributed by atoms with E-state index in [1.54, 1.807) is 30.3 Å². The Kier molecular flexibility index (Phi) is 5.01.